The van der Waals surface area contributed by atoms with Crippen LogP contribution in [0.15, 0.2) is 18.3 Å². The second kappa shape index (κ2) is 5.53. The number of halogens is 1. The van der Waals surface area contributed by atoms with Crippen molar-refractivity contribution < 1.29 is 4.92 Å². The van der Waals surface area contributed by atoms with E-state index in [1.165, 1.54) is 13.2 Å². The lowest BCUT2D eigenvalue weighted by molar-refractivity contribution is -0.508. The molecule has 0 aromatic carbocycles. The molecule has 0 aliphatic carbocycles. The predicted molar refractivity (Wildman–Crippen MR) is 60.5 cm³/mol. The van der Waals surface area contributed by atoms with Crippen molar-refractivity contribution in [1.29, 1.82) is 5.41 Å². The SMILES string of the molecule is CNC(C(=N)Cc1ccc(Cl)nc1)[N+](=O)[O-]. The van der Waals surface area contributed by atoms with Gasteiger partial charge in [-0.05, 0) is 18.7 Å². The van der Waals surface area contributed by atoms with Crippen LogP contribution >= 0.6 is 11.6 Å². The van der Waals surface area contributed by atoms with Crippen LogP contribution in [0, 0.1) is 15.5 Å². The Morgan fingerprint density at radius 1 is 1.75 bits per heavy atom. The molecule has 0 fully saturated rings. The summed E-state index contributed by atoms with van der Waals surface area (Å²) in [5.41, 5.74) is 0.702. The lowest BCUT2D eigenvalue weighted by Gasteiger charge is -2.09. The average Bonchev–Trinajstić information content (AvgIpc) is 2.22. The van der Waals surface area contributed by atoms with Crippen LogP contribution in [0.2, 0.25) is 5.15 Å². The molecule has 16 heavy (non-hydrogen) atoms. The first-order chi connectivity index (χ1) is 7.54. The maximum absolute atomic E-state index is 10.6. The van der Waals surface area contributed by atoms with E-state index in [1.807, 2.05) is 0 Å². The summed E-state index contributed by atoms with van der Waals surface area (Å²) < 4.78 is 0. The van der Waals surface area contributed by atoms with Crippen molar-refractivity contribution in [3.8, 4) is 0 Å². The third-order valence-electron chi connectivity index (χ3n) is 2.00. The van der Waals surface area contributed by atoms with Crippen LogP contribution in [0.3, 0.4) is 0 Å². The van der Waals surface area contributed by atoms with E-state index in [4.69, 9.17) is 17.0 Å². The van der Waals surface area contributed by atoms with Crippen LogP contribution in [0.5, 0.6) is 0 Å². The molecule has 1 heterocycles. The molecule has 6 nitrogen and oxygen atoms in total. The maximum Gasteiger partial charge on any atom is 0.304 e. The predicted octanol–water partition coefficient (Wildman–Crippen LogP) is 1.12. The molecule has 0 amide bonds. The second-order valence-corrected chi connectivity index (χ2v) is 3.56. The van der Waals surface area contributed by atoms with Gasteiger partial charge in [-0.25, -0.2) is 4.98 Å². The molecule has 0 saturated carbocycles. The highest BCUT2D eigenvalue weighted by Gasteiger charge is 2.23. The van der Waals surface area contributed by atoms with E-state index in [2.05, 4.69) is 10.3 Å². The smallest absolute Gasteiger partial charge is 0.301 e. The maximum atomic E-state index is 10.6. The number of nitrogens with zero attached hydrogens (tertiary/aromatic N) is 2. The van der Waals surface area contributed by atoms with Crippen molar-refractivity contribution in [2.24, 2.45) is 0 Å². The van der Waals surface area contributed by atoms with Crippen molar-refractivity contribution in [3.63, 3.8) is 0 Å². The quantitative estimate of drug-likeness (QED) is 0.266. The van der Waals surface area contributed by atoms with Gasteiger partial charge >= 0.3 is 6.17 Å². The summed E-state index contributed by atoms with van der Waals surface area (Å²) in [6.45, 7) is 0. The van der Waals surface area contributed by atoms with Gasteiger partial charge in [0.05, 0.1) is 0 Å². The first-order valence-electron chi connectivity index (χ1n) is 4.53. The van der Waals surface area contributed by atoms with E-state index in [-0.39, 0.29) is 12.1 Å². The molecule has 0 bridgehead atoms. The third-order valence-corrected chi connectivity index (χ3v) is 2.22. The van der Waals surface area contributed by atoms with Gasteiger partial charge < -0.3 is 5.41 Å². The van der Waals surface area contributed by atoms with Gasteiger partial charge in [0.25, 0.3) is 0 Å². The monoisotopic (exact) mass is 242 g/mol. The summed E-state index contributed by atoms with van der Waals surface area (Å²) in [7, 11) is 1.45. The van der Waals surface area contributed by atoms with E-state index in [0.29, 0.717) is 5.15 Å². The van der Waals surface area contributed by atoms with Crippen molar-refractivity contribution in [2.45, 2.75) is 12.6 Å². The van der Waals surface area contributed by atoms with E-state index in [1.54, 1.807) is 12.1 Å². The highest BCUT2D eigenvalue weighted by Crippen LogP contribution is 2.07. The molecular formula is C9H11ClN4O2. The zero-order valence-electron chi connectivity index (χ0n) is 8.61. The molecular weight excluding hydrogens is 232 g/mol. The Morgan fingerprint density at radius 2 is 2.44 bits per heavy atom. The second-order valence-electron chi connectivity index (χ2n) is 3.17. The molecule has 1 atom stereocenters. The summed E-state index contributed by atoms with van der Waals surface area (Å²) in [5.74, 6) is 0. The molecule has 86 valence electrons. The van der Waals surface area contributed by atoms with Crippen molar-refractivity contribution in [3.05, 3.63) is 39.2 Å². The molecule has 1 aromatic rings. The van der Waals surface area contributed by atoms with Crippen LogP contribution in [0.25, 0.3) is 0 Å². The van der Waals surface area contributed by atoms with Crippen molar-refractivity contribution in [2.75, 3.05) is 7.05 Å². The molecule has 0 aliphatic rings. The minimum Gasteiger partial charge on any atom is -0.301 e. The zero-order valence-corrected chi connectivity index (χ0v) is 9.36. The average molecular weight is 243 g/mol. The third kappa shape index (κ3) is 3.25. The number of nitro groups is 1. The van der Waals surface area contributed by atoms with E-state index < -0.39 is 11.1 Å². The summed E-state index contributed by atoms with van der Waals surface area (Å²) in [5, 5.41) is 21.0. The fraction of sp³-hybridized carbons (Fsp3) is 0.333. The van der Waals surface area contributed by atoms with Crippen LogP contribution in [-0.2, 0) is 6.42 Å². The van der Waals surface area contributed by atoms with E-state index >= 15 is 0 Å². The number of nitrogens with one attached hydrogen (secondary N) is 2. The molecule has 1 rings (SSSR count). The number of hydrogen-bond donors (Lipinski definition) is 2. The Balaban J connectivity index is 2.70. The molecule has 0 radical (unpaired) electrons. The fourth-order valence-corrected chi connectivity index (χ4v) is 1.35. The number of pyridine rings is 1. The minimum absolute atomic E-state index is 0.0170. The van der Waals surface area contributed by atoms with Gasteiger partial charge in [0.1, 0.15) is 10.9 Å². The summed E-state index contributed by atoms with van der Waals surface area (Å²) in [4.78, 5) is 13.9. The standard InChI is InChI=1S/C9H11ClN4O2/c1-12-9(14(15)16)7(11)4-6-2-3-8(10)13-5-6/h2-3,5,9,11-12H,4H2,1H3. The number of aromatic nitrogens is 1. The van der Waals surface area contributed by atoms with Crippen LogP contribution in [-0.4, -0.2) is 28.8 Å². The molecule has 1 unspecified atom stereocenters. The topological polar surface area (TPSA) is 91.9 Å². The summed E-state index contributed by atoms with van der Waals surface area (Å²) in [6.07, 6.45) is 0.524. The lowest BCUT2D eigenvalue weighted by Crippen LogP contribution is -2.41. The van der Waals surface area contributed by atoms with Gasteiger partial charge in [-0.1, -0.05) is 17.7 Å². The number of rotatable bonds is 5. The highest BCUT2D eigenvalue weighted by molar-refractivity contribution is 6.29. The number of hydrogen-bond acceptors (Lipinski definition) is 5. The molecule has 7 heteroatoms. The van der Waals surface area contributed by atoms with Crippen molar-refractivity contribution in [1.82, 2.24) is 10.3 Å². The van der Waals surface area contributed by atoms with Gasteiger partial charge in [-0.3, -0.25) is 15.4 Å². The Hall–Kier alpha value is -1.53. The lowest BCUT2D eigenvalue weighted by atomic mass is 10.1. The normalized spacial score (nSPS) is 12.1. The Kier molecular flexibility index (Phi) is 4.33. The molecule has 0 aliphatic heterocycles. The Morgan fingerprint density at radius 3 is 2.88 bits per heavy atom. The largest absolute Gasteiger partial charge is 0.304 e. The molecule has 2 N–H and O–H groups in total. The van der Waals surface area contributed by atoms with Gasteiger partial charge in [-0.15, -0.1) is 0 Å². The highest BCUT2D eigenvalue weighted by atomic mass is 35.5. The molecule has 0 spiro atoms. The summed E-state index contributed by atoms with van der Waals surface area (Å²) >= 11 is 5.60. The van der Waals surface area contributed by atoms with Crippen LogP contribution in [0.1, 0.15) is 5.56 Å². The first kappa shape index (κ1) is 12.5. The molecule has 1 aromatic heterocycles. The van der Waals surface area contributed by atoms with Crippen LogP contribution in [0.4, 0.5) is 0 Å². The van der Waals surface area contributed by atoms with Gasteiger partial charge in [-0.2, -0.15) is 0 Å². The van der Waals surface area contributed by atoms with E-state index in [9.17, 15) is 10.1 Å². The first-order valence-corrected chi connectivity index (χ1v) is 4.91. The Bertz CT molecular complexity index is 393. The van der Waals surface area contributed by atoms with E-state index in [0.717, 1.165) is 5.56 Å². The Labute approximate surface area is 97.3 Å². The van der Waals surface area contributed by atoms with Gasteiger partial charge in [0.15, 0.2) is 0 Å². The minimum atomic E-state index is -1.16. The zero-order chi connectivity index (χ0) is 12.1. The fourth-order valence-electron chi connectivity index (χ4n) is 1.23. The summed E-state index contributed by atoms with van der Waals surface area (Å²) in [6, 6.07) is 3.28. The van der Waals surface area contributed by atoms with Gasteiger partial charge in [0, 0.05) is 17.5 Å². The van der Waals surface area contributed by atoms with Crippen LogP contribution < -0.4 is 5.32 Å². The molecule has 0 saturated heterocycles. The van der Waals surface area contributed by atoms with Crippen molar-refractivity contribution >= 4 is 17.3 Å². The van der Waals surface area contributed by atoms with Gasteiger partial charge in [0.2, 0.25) is 0 Å².